The molecule has 1 aliphatic carbocycles. The minimum atomic E-state index is -3.91. The molecule has 1 aliphatic rings. The average Bonchev–Trinajstić information content (AvgIpc) is 3.27. The number of carbonyl (C=O) groups is 1. The third-order valence-electron chi connectivity index (χ3n) is 4.04. The number of hydrogen-bond donors (Lipinski definition) is 0. The van der Waals surface area contributed by atoms with Crippen LogP contribution in [0.2, 0.25) is 0 Å². The zero-order chi connectivity index (χ0) is 18.4. The molecule has 3 rings (SSSR count). The van der Waals surface area contributed by atoms with Crippen LogP contribution >= 0.6 is 0 Å². The smallest absolute Gasteiger partial charge is 0.232 e. The highest BCUT2D eigenvalue weighted by Crippen LogP contribution is 2.42. The topological polar surface area (TPSA) is 80.5 Å². The third-order valence-corrected chi connectivity index (χ3v) is 5.28. The highest BCUT2D eigenvalue weighted by atomic mass is 32.2. The Hall–Kier alpha value is -2.29. The third kappa shape index (κ3) is 3.15. The molecule has 6 nitrogen and oxygen atoms in total. The van der Waals surface area contributed by atoms with E-state index >= 15 is 0 Å². The van der Waals surface area contributed by atoms with Crippen molar-refractivity contribution in [3.8, 4) is 0 Å². The second-order valence-electron chi connectivity index (χ2n) is 5.89. The summed E-state index contributed by atoms with van der Waals surface area (Å²) in [4.78, 5) is 12.9. The van der Waals surface area contributed by atoms with Crippen LogP contribution in [-0.4, -0.2) is 32.2 Å². The summed E-state index contributed by atoms with van der Waals surface area (Å²) in [7, 11) is -3.91. The zero-order valence-electron chi connectivity index (χ0n) is 13.6. The lowest BCUT2D eigenvalue weighted by atomic mass is 10.0. The first-order chi connectivity index (χ1) is 11.8. The fraction of sp³-hybridized carbons (Fsp3) is 0.375. The number of halogens is 2. The lowest BCUT2D eigenvalue weighted by Crippen LogP contribution is -2.32. The molecule has 1 aromatic heterocycles. The van der Waals surface area contributed by atoms with E-state index in [0.29, 0.717) is 10.1 Å². The molecular weight excluding hydrogens is 354 g/mol. The van der Waals surface area contributed by atoms with Gasteiger partial charge in [-0.3, -0.25) is 9.10 Å². The summed E-state index contributed by atoms with van der Waals surface area (Å²) in [5, 5.41) is 3.62. The molecule has 0 spiro atoms. The van der Waals surface area contributed by atoms with E-state index in [4.69, 9.17) is 4.52 Å². The van der Waals surface area contributed by atoms with Gasteiger partial charge in [-0.2, -0.15) is 0 Å². The van der Waals surface area contributed by atoms with E-state index < -0.39 is 33.1 Å². The number of benzene rings is 1. The van der Waals surface area contributed by atoms with Crippen molar-refractivity contribution in [2.75, 3.05) is 17.1 Å². The van der Waals surface area contributed by atoms with Crippen molar-refractivity contribution in [1.29, 1.82) is 0 Å². The molecule has 1 fully saturated rings. The second kappa shape index (κ2) is 6.21. The summed E-state index contributed by atoms with van der Waals surface area (Å²) in [5.41, 5.74) is -0.714. The molecular formula is C16H16F2N2O4S. The van der Waals surface area contributed by atoms with Crippen molar-refractivity contribution >= 4 is 21.5 Å². The maximum absolute atomic E-state index is 14.4. The van der Waals surface area contributed by atoms with Crippen LogP contribution < -0.4 is 4.31 Å². The number of carbonyl (C=O) groups excluding carboxylic acids is 1. The lowest BCUT2D eigenvalue weighted by Gasteiger charge is -2.23. The summed E-state index contributed by atoms with van der Waals surface area (Å²) < 4.78 is 57.9. The molecule has 134 valence electrons. The standard InChI is InChI=1S/C16H16F2N2O4S/c1-3-20(25(2,22)23)14-10(6-7-12(17)13(14)18)15(21)11-8-19-24-16(11)9-4-5-9/h6-9H,3-5H2,1-2H3. The van der Waals surface area contributed by atoms with E-state index in [-0.39, 0.29) is 23.6 Å². The van der Waals surface area contributed by atoms with Gasteiger partial charge in [0.05, 0.1) is 23.6 Å². The Morgan fingerprint density at radius 3 is 2.56 bits per heavy atom. The minimum absolute atomic E-state index is 0.0763. The normalized spacial score (nSPS) is 14.6. The maximum atomic E-state index is 14.4. The number of aromatic nitrogens is 1. The van der Waals surface area contributed by atoms with E-state index in [2.05, 4.69) is 5.16 Å². The Balaban J connectivity index is 2.17. The Kier molecular flexibility index (Phi) is 4.36. The second-order valence-corrected chi connectivity index (χ2v) is 7.80. The molecule has 0 saturated heterocycles. The van der Waals surface area contributed by atoms with Crippen molar-refractivity contribution in [2.24, 2.45) is 0 Å². The molecule has 0 atom stereocenters. The fourth-order valence-electron chi connectivity index (χ4n) is 2.73. The fourth-order valence-corrected chi connectivity index (χ4v) is 3.71. The van der Waals surface area contributed by atoms with Gasteiger partial charge in [0, 0.05) is 12.5 Å². The predicted octanol–water partition coefficient (Wildman–Crippen LogP) is 2.85. The number of ketones is 1. The van der Waals surface area contributed by atoms with Crippen LogP contribution in [0.4, 0.5) is 14.5 Å². The van der Waals surface area contributed by atoms with Gasteiger partial charge in [0.2, 0.25) is 10.0 Å². The van der Waals surface area contributed by atoms with Gasteiger partial charge in [-0.05, 0) is 31.9 Å². The van der Waals surface area contributed by atoms with E-state index in [1.54, 1.807) is 0 Å². The zero-order valence-corrected chi connectivity index (χ0v) is 14.4. The number of anilines is 1. The monoisotopic (exact) mass is 370 g/mol. The Morgan fingerprint density at radius 1 is 1.32 bits per heavy atom. The molecule has 0 radical (unpaired) electrons. The SMILES string of the molecule is CCN(c1c(C(=O)c2cnoc2C2CC2)ccc(F)c1F)S(C)(=O)=O. The van der Waals surface area contributed by atoms with Crippen LogP contribution in [0.15, 0.2) is 22.9 Å². The van der Waals surface area contributed by atoms with Crippen LogP contribution in [-0.2, 0) is 10.0 Å². The van der Waals surface area contributed by atoms with Gasteiger partial charge in [0.1, 0.15) is 5.69 Å². The Bertz CT molecular complexity index is 936. The van der Waals surface area contributed by atoms with Gasteiger partial charge in [0.25, 0.3) is 0 Å². The van der Waals surface area contributed by atoms with E-state index in [1.807, 2.05) is 0 Å². The first-order valence-corrected chi connectivity index (χ1v) is 9.55. The molecule has 0 unspecified atom stereocenters. The molecule has 1 aromatic carbocycles. The summed E-state index contributed by atoms with van der Waals surface area (Å²) in [6.45, 7) is 1.31. The molecule has 1 saturated carbocycles. The van der Waals surface area contributed by atoms with Crippen LogP contribution in [0.1, 0.15) is 47.4 Å². The summed E-state index contributed by atoms with van der Waals surface area (Å²) >= 11 is 0. The Morgan fingerprint density at radius 2 is 2.00 bits per heavy atom. The predicted molar refractivity (Wildman–Crippen MR) is 86.1 cm³/mol. The molecule has 0 N–H and O–H groups in total. The van der Waals surface area contributed by atoms with Crippen molar-refractivity contribution in [3.05, 3.63) is 46.9 Å². The van der Waals surface area contributed by atoms with Crippen molar-refractivity contribution < 1.29 is 26.5 Å². The first kappa shape index (κ1) is 17.5. The molecule has 2 aromatic rings. The molecule has 1 heterocycles. The highest BCUT2D eigenvalue weighted by molar-refractivity contribution is 7.92. The van der Waals surface area contributed by atoms with Gasteiger partial charge in [-0.25, -0.2) is 17.2 Å². The Labute approximate surface area is 143 Å². The van der Waals surface area contributed by atoms with Crippen LogP contribution in [0.25, 0.3) is 0 Å². The van der Waals surface area contributed by atoms with Crippen molar-refractivity contribution in [3.63, 3.8) is 0 Å². The van der Waals surface area contributed by atoms with E-state index in [9.17, 15) is 22.0 Å². The average molecular weight is 370 g/mol. The maximum Gasteiger partial charge on any atom is 0.232 e. The molecule has 25 heavy (non-hydrogen) atoms. The van der Waals surface area contributed by atoms with Crippen molar-refractivity contribution in [2.45, 2.75) is 25.7 Å². The van der Waals surface area contributed by atoms with Crippen LogP contribution in [0.5, 0.6) is 0 Å². The number of nitrogens with zero attached hydrogens (tertiary/aromatic N) is 2. The van der Waals surface area contributed by atoms with Crippen LogP contribution in [0.3, 0.4) is 0 Å². The largest absolute Gasteiger partial charge is 0.360 e. The molecule has 9 heteroatoms. The number of rotatable bonds is 6. The van der Waals surface area contributed by atoms with Gasteiger partial charge in [-0.1, -0.05) is 5.16 Å². The van der Waals surface area contributed by atoms with Crippen LogP contribution in [0, 0.1) is 11.6 Å². The van der Waals surface area contributed by atoms with E-state index in [1.165, 1.54) is 13.1 Å². The molecule has 0 amide bonds. The summed E-state index contributed by atoms with van der Waals surface area (Å²) in [5.74, 6) is -2.81. The summed E-state index contributed by atoms with van der Waals surface area (Å²) in [6, 6.07) is 1.88. The van der Waals surface area contributed by atoms with Gasteiger partial charge in [0.15, 0.2) is 23.2 Å². The molecule has 0 aliphatic heterocycles. The van der Waals surface area contributed by atoms with E-state index in [0.717, 1.165) is 31.2 Å². The minimum Gasteiger partial charge on any atom is -0.360 e. The quantitative estimate of drug-likeness (QED) is 0.731. The van der Waals surface area contributed by atoms with Gasteiger partial charge in [-0.15, -0.1) is 0 Å². The first-order valence-electron chi connectivity index (χ1n) is 7.70. The van der Waals surface area contributed by atoms with Gasteiger partial charge >= 0.3 is 0 Å². The number of sulfonamides is 1. The lowest BCUT2D eigenvalue weighted by molar-refractivity contribution is 0.103. The summed E-state index contributed by atoms with van der Waals surface area (Å²) in [6.07, 6.45) is 3.79. The number of hydrogen-bond acceptors (Lipinski definition) is 5. The highest BCUT2D eigenvalue weighted by Gasteiger charge is 2.35. The molecule has 0 bridgehead atoms. The van der Waals surface area contributed by atoms with Gasteiger partial charge < -0.3 is 4.52 Å². The van der Waals surface area contributed by atoms with Crippen molar-refractivity contribution in [1.82, 2.24) is 5.16 Å².